The highest BCUT2D eigenvalue weighted by molar-refractivity contribution is 6.05. The molecule has 170 valence electrons. The van der Waals surface area contributed by atoms with Gasteiger partial charge >= 0.3 is 5.97 Å². The molecule has 3 unspecified atom stereocenters. The van der Waals surface area contributed by atoms with Crippen molar-refractivity contribution in [3.8, 4) is 0 Å². The molecule has 0 bridgehead atoms. The summed E-state index contributed by atoms with van der Waals surface area (Å²) in [7, 11) is 0. The van der Waals surface area contributed by atoms with Crippen LogP contribution in [0.4, 0.5) is 5.69 Å². The molecule has 1 saturated carbocycles. The summed E-state index contributed by atoms with van der Waals surface area (Å²) < 4.78 is 0. The first kappa shape index (κ1) is 23.1. The van der Waals surface area contributed by atoms with Crippen molar-refractivity contribution >= 4 is 23.5 Å². The molecule has 1 heterocycles. The minimum absolute atomic E-state index is 0.0777. The lowest BCUT2D eigenvalue weighted by molar-refractivity contribution is -0.171. The first-order chi connectivity index (χ1) is 14.5. The molecule has 1 aliphatic carbocycles. The fraction of sp³-hybridized carbons (Fsp3) is 0.609. The van der Waals surface area contributed by atoms with E-state index in [4.69, 9.17) is 5.73 Å². The number of primary amides is 1. The lowest BCUT2D eigenvalue weighted by atomic mass is 9.64. The van der Waals surface area contributed by atoms with Crippen molar-refractivity contribution in [2.75, 3.05) is 31.1 Å². The maximum Gasteiger partial charge on any atom is 0.320 e. The SMILES string of the molecule is CC(C)(C)c1ccc(N2CCN(C(=O)C3CCC(O)CC3(C(N)=O)C(=O)O)CC2)cc1. The number of nitrogens with zero attached hydrogens (tertiary/aromatic N) is 2. The van der Waals surface area contributed by atoms with Crippen molar-refractivity contribution < 1.29 is 24.6 Å². The fourth-order valence-electron chi connectivity index (χ4n) is 4.75. The third kappa shape index (κ3) is 4.39. The molecule has 31 heavy (non-hydrogen) atoms. The Labute approximate surface area is 183 Å². The Morgan fingerprint density at radius 1 is 1.03 bits per heavy atom. The smallest absolute Gasteiger partial charge is 0.320 e. The van der Waals surface area contributed by atoms with Gasteiger partial charge in [-0.3, -0.25) is 14.4 Å². The Morgan fingerprint density at radius 3 is 2.10 bits per heavy atom. The van der Waals surface area contributed by atoms with Gasteiger partial charge < -0.3 is 25.7 Å². The Bertz CT molecular complexity index is 824. The number of aliphatic carboxylic acids is 1. The van der Waals surface area contributed by atoms with Gasteiger partial charge in [-0.15, -0.1) is 0 Å². The maximum absolute atomic E-state index is 13.2. The molecule has 1 aromatic carbocycles. The fourth-order valence-corrected chi connectivity index (χ4v) is 4.75. The van der Waals surface area contributed by atoms with Gasteiger partial charge in [0, 0.05) is 31.9 Å². The third-order valence-electron chi connectivity index (χ3n) is 6.75. The van der Waals surface area contributed by atoms with E-state index in [9.17, 15) is 24.6 Å². The quantitative estimate of drug-likeness (QED) is 0.618. The molecule has 3 atom stereocenters. The van der Waals surface area contributed by atoms with Gasteiger partial charge in [-0.2, -0.15) is 0 Å². The van der Waals surface area contributed by atoms with E-state index in [-0.39, 0.29) is 30.6 Å². The van der Waals surface area contributed by atoms with Crippen molar-refractivity contribution in [3.63, 3.8) is 0 Å². The zero-order chi connectivity index (χ0) is 23.0. The molecule has 2 amide bonds. The first-order valence-corrected chi connectivity index (χ1v) is 10.8. The summed E-state index contributed by atoms with van der Waals surface area (Å²) >= 11 is 0. The number of hydrogen-bond acceptors (Lipinski definition) is 5. The Balaban J connectivity index is 1.70. The van der Waals surface area contributed by atoms with Gasteiger partial charge in [0.25, 0.3) is 0 Å². The highest BCUT2D eigenvalue weighted by atomic mass is 16.4. The lowest BCUT2D eigenvalue weighted by Gasteiger charge is -2.43. The summed E-state index contributed by atoms with van der Waals surface area (Å²) in [6.07, 6.45) is -0.878. The number of carbonyl (C=O) groups excluding carboxylic acids is 2. The van der Waals surface area contributed by atoms with Crippen LogP contribution in [0.3, 0.4) is 0 Å². The van der Waals surface area contributed by atoms with E-state index in [2.05, 4.69) is 49.9 Å². The van der Waals surface area contributed by atoms with E-state index < -0.39 is 29.3 Å². The number of carbonyl (C=O) groups is 3. The third-order valence-corrected chi connectivity index (χ3v) is 6.75. The van der Waals surface area contributed by atoms with Crippen molar-refractivity contribution in [3.05, 3.63) is 29.8 Å². The lowest BCUT2D eigenvalue weighted by Crippen LogP contribution is -2.60. The molecular formula is C23H33N3O5. The van der Waals surface area contributed by atoms with Gasteiger partial charge in [-0.1, -0.05) is 32.9 Å². The topological polar surface area (TPSA) is 124 Å². The summed E-state index contributed by atoms with van der Waals surface area (Å²) in [6, 6.07) is 8.41. The summed E-state index contributed by atoms with van der Waals surface area (Å²) in [5, 5.41) is 19.8. The maximum atomic E-state index is 13.2. The molecule has 4 N–H and O–H groups in total. The zero-order valence-corrected chi connectivity index (χ0v) is 18.5. The van der Waals surface area contributed by atoms with Gasteiger partial charge in [0.05, 0.1) is 12.0 Å². The largest absolute Gasteiger partial charge is 0.480 e. The standard InChI is InChI=1S/C23H33N3O5/c1-22(2,3)15-4-6-16(7-5-15)25-10-12-26(13-11-25)19(28)18-9-8-17(27)14-23(18,20(24)29)21(30)31/h4-7,17-18,27H,8-14H2,1-3H3,(H2,24,29)(H,30,31). The van der Waals surface area contributed by atoms with Crippen LogP contribution in [0.1, 0.15) is 45.6 Å². The van der Waals surface area contributed by atoms with E-state index >= 15 is 0 Å². The minimum Gasteiger partial charge on any atom is -0.480 e. The average Bonchev–Trinajstić information content (AvgIpc) is 2.72. The molecule has 0 radical (unpaired) electrons. The Morgan fingerprint density at radius 2 is 1.61 bits per heavy atom. The minimum atomic E-state index is -2.06. The van der Waals surface area contributed by atoms with Crippen molar-refractivity contribution in [1.29, 1.82) is 0 Å². The second kappa shape index (κ2) is 8.49. The molecule has 0 spiro atoms. The normalized spacial score (nSPS) is 27.1. The van der Waals surface area contributed by atoms with Crippen LogP contribution in [0.5, 0.6) is 0 Å². The molecule has 0 aromatic heterocycles. The number of amides is 2. The Kier molecular flexibility index (Phi) is 6.32. The number of anilines is 1. The van der Waals surface area contributed by atoms with E-state index in [1.54, 1.807) is 4.90 Å². The average molecular weight is 432 g/mol. The number of nitrogens with two attached hydrogens (primary N) is 1. The van der Waals surface area contributed by atoms with Crippen LogP contribution in [-0.2, 0) is 19.8 Å². The molecule has 8 heteroatoms. The van der Waals surface area contributed by atoms with Gasteiger partial charge in [0.15, 0.2) is 5.41 Å². The van der Waals surface area contributed by atoms with Crippen molar-refractivity contribution in [1.82, 2.24) is 4.90 Å². The van der Waals surface area contributed by atoms with Crippen LogP contribution in [0.15, 0.2) is 24.3 Å². The van der Waals surface area contributed by atoms with Gasteiger partial charge in [-0.25, -0.2) is 0 Å². The molecule has 2 aliphatic rings. The number of benzene rings is 1. The Hall–Kier alpha value is -2.61. The first-order valence-electron chi connectivity index (χ1n) is 10.8. The van der Waals surface area contributed by atoms with Crippen LogP contribution in [0.2, 0.25) is 0 Å². The summed E-state index contributed by atoms with van der Waals surface area (Å²) in [4.78, 5) is 41.2. The zero-order valence-electron chi connectivity index (χ0n) is 18.5. The van der Waals surface area contributed by atoms with Crippen molar-refractivity contribution in [2.45, 2.75) is 51.6 Å². The van der Waals surface area contributed by atoms with Crippen LogP contribution < -0.4 is 10.6 Å². The van der Waals surface area contributed by atoms with Crippen LogP contribution in [-0.4, -0.2) is 65.2 Å². The van der Waals surface area contributed by atoms with E-state index in [0.29, 0.717) is 26.2 Å². The molecule has 1 aromatic rings. The molecule has 2 fully saturated rings. The van der Waals surface area contributed by atoms with Crippen molar-refractivity contribution in [2.24, 2.45) is 17.1 Å². The molecule has 1 saturated heterocycles. The number of aliphatic hydroxyl groups is 1. The second-order valence-corrected chi connectivity index (χ2v) is 9.74. The van der Waals surface area contributed by atoms with E-state index in [1.807, 2.05) is 0 Å². The number of hydrogen-bond donors (Lipinski definition) is 3. The number of carboxylic acid groups (broad SMARTS) is 1. The summed E-state index contributed by atoms with van der Waals surface area (Å²) in [6.45, 7) is 8.61. The monoisotopic (exact) mass is 431 g/mol. The summed E-state index contributed by atoms with van der Waals surface area (Å²) in [5.41, 5.74) is 5.80. The second-order valence-electron chi connectivity index (χ2n) is 9.74. The van der Waals surface area contributed by atoms with Crippen LogP contribution >= 0.6 is 0 Å². The van der Waals surface area contributed by atoms with Gasteiger partial charge in [0.2, 0.25) is 11.8 Å². The van der Waals surface area contributed by atoms with Crippen LogP contribution in [0, 0.1) is 11.3 Å². The number of rotatable bonds is 4. The van der Waals surface area contributed by atoms with E-state index in [0.717, 1.165) is 5.69 Å². The molecule has 1 aliphatic heterocycles. The number of aliphatic hydroxyl groups excluding tert-OH is 1. The van der Waals surface area contributed by atoms with Crippen LogP contribution in [0.25, 0.3) is 0 Å². The summed E-state index contributed by atoms with van der Waals surface area (Å²) in [5.74, 6) is -3.91. The van der Waals surface area contributed by atoms with E-state index in [1.165, 1.54) is 5.56 Å². The van der Waals surface area contributed by atoms with Gasteiger partial charge in [-0.05, 0) is 42.4 Å². The number of carboxylic acids is 1. The number of piperazine rings is 1. The molecule has 3 rings (SSSR count). The molecular weight excluding hydrogens is 398 g/mol. The highest BCUT2D eigenvalue weighted by Crippen LogP contribution is 2.43. The predicted molar refractivity (Wildman–Crippen MR) is 117 cm³/mol. The molecule has 8 nitrogen and oxygen atoms in total. The predicted octanol–water partition coefficient (Wildman–Crippen LogP) is 1.35. The highest BCUT2D eigenvalue weighted by Gasteiger charge is 2.58. The van der Waals surface area contributed by atoms with Gasteiger partial charge in [0.1, 0.15) is 0 Å².